The fourth-order valence-corrected chi connectivity index (χ4v) is 0.993. The number of hydrogen-bond acceptors (Lipinski definition) is 4. The number of hydrogen-bond donors (Lipinski definition) is 2. The fourth-order valence-electron chi connectivity index (χ4n) is 0.690. The molecule has 1 rings (SSSR count). The molecule has 0 aromatic carbocycles. The van der Waals surface area contributed by atoms with Crippen molar-refractivity contribution in [2.75, 3.05) is 11.1 Å². The van der Waals surface area contributed by atoms with Crippen LogP contribution < -0.4 is 5.32 Å². The van der Waals surface area contributed by atoms with Crippen molar-refractivity contribution in [1.29, 1.82) is 0 Å². The van der Waals surface area contributed by atoms with Gasteiger partial charge in [-0.1, -0.05) is 11.6 Å². The third kappa shape index (κ3) is 3.61. The van der Waals surface area contributed by atoms with Gasteiger partial charge in [-0.2, -0.15) is 12.6 Å². The highest BCUT2D eigenvalue weighted by atomic mass is 35.5. The molecule has 0 saturated heterocycles. The summed E-state index contributed by atoms with van der Waals surface area (Å²) in [4.78, 5) is 11.0. The first kappa shape index (κ1) is 10.3. The van der Waals surface area contributed by atoms with E-state index in [9.17, 15) is 4.79 Å². The van der Waals surface area contributed by atoms with Gasteiger partial charge in [0.25, 0.3) is 0 Å². The third-order valence-electron chi connectivity index (χ3n) is 1.24. The zero-order valence-electron chi connectivity index (χ0n) is 6.70. The molecule has 0 aliphatic rings. The molecule has 1 N–H and O–H groups in total. The topological polar surface area (TPSA) is 54.9 Å². The summed E-state index contributed by atoms with van der Waals surface area (Å²) in [5, 5.41) is 10.1. The van der Waals surface area contributed by atoms with Crippen LogP contribution in [0.4, 0.5) is 5.82 Å². The molecular formula is C7H8ClN3OS. The van der Waals surface area contributed by atoms with Gasteiger partial charge in [0.1, 0.15) is 0 Å². The quantitative estimate of drug-likeness (QED) is 0.753. The zero-order valence-corrected chi connectivity index (χ0v) is 8.35. The number of nitrogens with zero attached hydrogens (tertiary/aromatic N) is 2. The van der Waals surface area contributed by atoms with Crippen molar-refractivity contribution in [1.82, 2.24) is 10.2 Å². The summed E-state index contributed by atoms with van der Waals surface area (Å²) >= 11 is 9.44. The predicted octanol–water partition coefficient (Wildman–Crippen LogP) is 1.39. The van der Waals surface area contributed by atoms with Crippen LogP contribution in [-0.2, 0) is 4.79 Å². The molecule has 1 aromatic heterocycles. The van der Waals surface area contributed by atoms with Crippen LogP contribution in [0.5, 0.6) is 0 Å². The highest BCUT2D eigenvalue weighted by molar-refractivity contribution is 7.80. The van der Waals surface area contributed by atoms with Crippen LogP contribution in [0.25, 0.3) is 0 Å². The molecule has 13 heavy (non-hydrogen) atoms. The van der Waals surface area contributed by atoms with Crippen LogP contribution in [0.1, 0.15) is 6.42 Å². The lowest BCUT2D eigenvalue weighted by Gasteiger charge is -2.00. The molecule has 6 heteroatoms. The number of thiol groups is 1. The number of halogens is 1. The highest BCUT2D eigenvalue weighted by Gasteiger charge is 2.01. The van der Waals surface area contributed by atoms with Crippen molar-refractivity contribution in [3.8, 4) is 0 Å². The molecule has 0 bridgehead atoms. The average Bonchev–Trinajstić information content (AvgIpc) is 2.09. The minimum Gasteiger partial charge on any atom is -0.309 e. The van der Waals surface area contributed by atoms with Gasteiger partial charge in [0.2, 0.25) is 5.91 Å². The summed E-state index contributed by atoms with van der Waals surface area (Å²) in [7, 11) is 0. The average molecular weight is 218 g/mol. The lowest BCUT2D eigenvalue weighted by atomic mass is 10.4. The summed E-state index contributed by atoms with van der Waals surface area (Å²) in [5.74, 6) is 0.773. The minimum absolute atomic E-state index is 0.133. The molecule has 0 fully saturated rings. The first-order chi connectivity index (χ1) is 6.22. The van der Waals surface area contributed by atoms with Crippen LogP contribution in [0, 0.1) is 0 Å². The van der Waals surface area contributed by atoms with Crippen molar-refractivity contribution in [2.45, 2.75) is 6.42 Å². The van der Waals surface area contributed by atoms with Gasteiger partial charge in [-0.3, -0.25) is 4.79 Å². The molecule has 0 aliphatic heterocycles. The summed E-state index contributed by atoms with van der Waals surface area (Å²) in [6, 6.07) is 3.15. The Balaban J connectivity index is 2.54. The maximum Gasteiger partial charge on any atom is 0.226 e. The first-order valence-electron chi connectivity index (χ1n) is 3.62. The maximum absolute atomic E-state index is 11.0. The molecule has 4 nitrogen and oxygen atoms in total. The second-order valence-electron chi connectivity index (χ2n) is 2.26. The molecular weight excluding hydrogens is 210 g/mol. The summed E-state index contributed by atoms with van der Waals surface area (Å²) in [6.45, 7) is 0. The van der Waals surface area contributed by atoms with E-state index >= 15 is 0 Å². The van der Waals surface area contributed by atoms with Gasteiger partial charge in [0, 0.05) is 6.42 Å². The second-order valence-corrected chi connectivity index (χ2v) is 3.10. The second kappa shape index (κ2) is 5.04. The number of amides is 1. The first-order valence-corrected chi connectivity index (χ1v) is 4.63. The smallest absolute Gasteiger partial charge is 0.226 e. The van der Waals surface area contributed by atoms with Crippen LogP contribution in [0.3, 0.4) is 0 Å². The SMILES string of the molecule is O=C(CCS)Nc1ccc(Cl)nn1. The van der Waals surface area contributed by atoms with Crippen LogP contribution >= 0.6 is 24.2 Å². The van der Waals surface area contributed by atoms with Gasteiger partial charge in [-0.05, 0) is 17.9 Å². The Morgan fingerprint density at radius 3 is 2.85 bits per heavy atom. The van der Waals surface area contributed by atoms with E-state index in [0.29, 0.717) is 23.1 Å². The monoisotopic (exact) mass is 217 g/mol. The Kier molecular flexibility index (Phi) is 3.98. The molecule has 0 atom stereocenters. The molecule has 1 amide bonds. The van der Waals surface area contributed by atoms with E-state index in [4.69, 9.17) is 11.6 Å². The molecule has 1 aromatic rings. The van der Waals surface area contributed by atoms with E-state index in [-0.39, 0.29) is 5.91 Å². The number of anilines is 1. The van der Waals surface area contributed by atoms with E-state index in [2.05, 4.69) is 28.1 Å². The lowest BCUT2D eigenvalue weighted by molar-refractivity contribution is -0.115. The summed E-state index contributed by atoms with van der Waals surface area (Å²) in [6.07, 6.45) is 0.355. The normalized spacial score (nSPS) is 9.69. The molecule has 0 radical (unpaired) electrons. The third-order valence-corrected chi connectivity index (χ3v) is 1.66. The molecule has 0 aliphatic carbocycles. The number of carbonyl (C=O) groups excluding carboxylic acids is 1. The van der Waals surface area contributed by atoms with Crippen molar-refractivity contribution >= 4 is 36.0 Å². The van der Waals surface area contributed by atoms with Gasteiger partial charge in [0.15, 0.2) is 11.0 Å². The fraction of sp³-hybridized carbons (Fsp3) is 0.286. The molecule has 70 valence electrons. The lowest BCUT2D eigenvalue weighted by Crippen LogP contribution is -2.13. The van der Waals surface area contributed by atoms with Gasteiger partial charge in [0.05, 0.1) is 0 Å². The van der Waals surface area contributed by atoms with Gasteiger partial charge in [-0.15, -0.1) is 10.2 Å². The van der Waals surface area contributed by atoms with E-state index in [1.807, 2.05) is 0 Å². The number of aromatic nitrogens is 2. The van der Waals surface area contributed by atoms with Crippen LogP contribution in [-0.4, -0.2) is 21.9 Å². The van der Waals surface area contributed by atoms with Crippen LogP contribution in [0.2, 0.25) is 5.15 Å². The molecule has 0 saturated carbocycles. The van der Waals surface area contributed by atoms with Crippen LogP contribution in [0.15, 0.2) is 12.1 Å². The molecule has 1 heterocycles. The standard InChI is InChI=1S/C7H8ClN3OS/c8-5-1-2-6(11-10-5)9-7(12)3-4-13/h1-2,13H,3-4H2,(H,9,11,12). The Labute approximate surface area is 86.1 Å². The zero-order chi connectivity index (χ0) is 9.68. The number of rotatable bonds is 3. The van der Waals surface area contributed by atoms with E-state index in [0.717, 1.165) is 0 Å². The Morgan fingerprint density at radius 2 is 2.31 bits per heavy atom. The Hall–Kier alpha value is -0.810. The van der Waals surface area contributed by atoms with E-state index < -0.39 is 0 Å². The summed E-state index contributed by atoms with van der Waals surface area (Å²) in [5.41, 5.74) is 0. The number of nitrogens with one attached hydrogen (secondary N) is 1. The van der Waals surface area contributed by atoms with E-state index in [1.54, 1.807) is 12.1 Å². The summed E-state index contributed by atoms with van der Waals surface area (Å²) < 4.78 is 0. The van der Waals surface area contributed by atoms with Crippen molar-refractivity contribution < 1.29 is 4.79 Å². The van der Waals surface area contributed by atoms with Crippen molar-refractivity contribution in [2.24, 2.45) is 0 Å². The van der Waals surface area contributed by atoms with Gasteiger partial charge in [-0.25, -0.2) is 0 Å². The van der Waals surface area contributed by atoms with Crippen molar-refractivity contribution in [3.05, 3.63) is 17.3 Å². The minimum atomic E-state index is -0.133. The van der Waals surface area contributed by atoms with Gasteiger partial charge >= 0.3 is 0 Å². The van der Waals surface area contributed by atoms with E-state index in [1.165, 1.54) is 0 Å². The largest absolute Gasteiger partial charge is 0.309 e. The predicted molar refractivity (Wildman–Crippen MR) is 54.1 cm³/mol. The Morgan fingerprint density at radius 1 is 1.54 bits per heavy atom. The Bertz CT molecular complexity index is 290. The number of carbonyl (C=O) groups is 1. The van der Waals surface area contributed by atoms with Crippen molar-refractivity contribution in [3.63, 3.8) is 0 Å². The highest BCUT2D eigenvalue weighted by Crippen LogP contribution is 2.06. The molecule has 0 spiro atoms. The maximum atomic E-state index is 11.0. The molecule has 0 unspecified atom stereocenters. The van der Waals surface area contributed by atoms with Gasteiger partial charge < -0.3 is 5.32 Å².